The first-order valence-electron chi connectivity index (χ1n) is 10.0. The third-order valence-electron chi connectivity index (χ3n) is 5.38. The number of carbonyl (C=O) groups is 2. The average molecular weight is 430 g/mol. The number of hydrogen-bond acceptors (Lipinski definition) is 4. The number of benzene rings is 2. The normalized spacial score (nSPS) is 13.8. The molecule has 8 heteroatoms. The van der Waals surface area contributed by atoms with Gasteiger partial charge in [0.1, 0.15) is 0 Å². The number of amides is 2. The molecule has 2 aromatic rings. The molecule has 0 unspecified atom stereocenters. The Bertz CT molecular complexity index is 1040. The molecule has 0 radical (unpaired) electrons. The standard InChI is InChI=1S/C22H27N3O4S/c1-4-25(5-2)30(28,29)21-10-7-18(8-11-21)22(27)23-20-9-6-17-12-13-24(16(3)26)15-19(17)14-20/h6-11,14H,4-5,12-13,15H2,1-3H3,(H,23,27). The SMILES string of the molecule is CCN(CC)S(=O)(=O)c1ccc(C(=O)Nc2ccc3c(c2)CN(C(C)=O)CC3)cc1. The van der Waals surface area contributed by atoms with Gasteiger partial charge in [0, 0.05) is 44.4 Å². The molecule has 0 fully saturated rings. The lowest BCUT2D eigenvalue weighted by Crippen LogP contribution is -2.34. The summed E-state index contributed by atoms with van der Waals surface area (Å²) in [6, 6.07) is 11.7. The van der Waals surface area contributed by atoms with E-state index < -0.39 is 10.0 Å². The van der Waals surface area contributed by atoms with Crippen LogP contribution in [0.3, 0.4) is 0 Å². The highest BCUT2D eigenvalue weighted by molar-refractivity contribution is 7.89. The molecule has 0 saturated carbocycles. The summed E-state index contributed by atoms with van der Waals surface area (Å²) in [4.78, 5) is 26.2. The van der Waals surface area contributed by atoms with E-state index in [1.54, 1.807) is 25.7 Å². The first-order valence-corrected chi connectivity index (χ1v) is 11.5. The van der Waals surface area contributed by atoms with Crippen LogP contribution in [0.15, 0.2) is 47.4 Å². The van der Waals surface area contributed by atoms with Gasteiger partial charge in [0.2, 0.25) is 15.9 Å². The second-order valence-corrected chi connectivity index (χ2v) is 9.18. The van der Waals surface area contributed by atoms with Crippen molar-refractivity contribution < 1.29 is 18.0 Å². The van der Waals surface area contributed by atoms with Crippen LogP contribution < -0.4 is 5.32 Å². The number of nitrogens with one attached hydrogen (secondary N) is 1. The molecule has 1 aliphatic heterocycles. The van der Waals surface area contributed by atoms with Gasteiger partial charge in [-0.15, -0.1) is 0 Å². The summed E-state index contributed by atoms with van der Waals surface area (Å²) in [5, 5.41) is 2.85. The minimum atomic E-state index is -3.56. The van der Waals surface area contributed by atoms with Gasteiger partial charge in [-0.2, -0.15) is 4.31 Å². The van der Waals surface area contributed by atoms with E-state index in [-0.39, 0.29) is 16.7 Å². The second-order valence-electron chi connectivity index (χ2n) is 7.24. The smallest absolute Gasteiger partial charge is 0.255 e. The molecule has 1 aliphatic rings. The van der Waals surface area contributed by atoms with Gasteiger partial charge in [-0.05, 0) is 53.9 Å². The van der Waals surface area contributed by atoms with Gasteiger partial charge in [0.15, 0.2) is 0 Å². The Labute approximate surface area is 177 Å². The molecule has 160 valence electrons. The van der Waals surface area contributed by atoms with Crippen LogP contribution in [-0.2, 0) is 27.8 Å². The van der Waals surface area contributed by atoms with Gasteiger partial charge < -0.3 is 10.2 Å². The van der Waals surface area contributed by atoms with Crippen molar-refractivity contribution in [2.75, 3.05) is 25.0 Å². The summed E-state index contributed by atoms with van der Waals surface area (Å²) in [6.45, 7) is 7.15. The van der Waals surface area contributed by atoms with E-state index in [0.717, 1.165) is 12.0 Å². The van der Waals surface area contributed by atoms with Gasteiger partial charge in [-0.3, -0.25) is 9.59 Å². The van der Waals surface area contributed by atoms with Crippen LogP contribution in [0.5, 0.6) is 0 Å². The van der Waals surface area contributed by atoms with E-state index >= 15 is 0 Å². The molecular weight excluding hydrogens is 402 g/mol. The van der Waals surface area contributed by atoms with Crippen LogP contribution in [0.25, 0.3) is 0 Å². The lowest BCUT2D eigenvalue weighted by Gasteiger charge is -2.28. The highest BCUT2D eigenvalue weighted by Crippen LogP contribution is 2.23. The number of rotatable bonds is 6. The molecule has 0 aliphatic carbocycles. The van der Waals surface area contributed by atoms with E-state index in [9.17, 15) is 18.0 Å². The Morgan fingerprint density at radius 1 is 1.03 bits per heavy atom. The Hall–Kier alpha value is -2.71. The molecule has 1 heterocycles. The van der Waals surface area contributed by atoms with Crippen LogP contribution in [0.1, 0.15) is 42.3 Å². The Morgan fingerprint density at radius 2 is 1.70 bits per heavy atom. The Morgan fingerprint density at radius 3 is 2.30 bits per heavy atom. The fourth-order valence-corrected chi connectivity index (χ4v) is 5.06. The molecule has 2 aromatic carbocycles. The zero-order valence-electron chi connectivity index (χ0n) is 17.5. The number of carbonyl (C=O) groups excluding carboxylic acids is 2. The molecule has 7 nitrogen and oxygen atoms in total. The van der Waals surface area contributed by atoms with Crippen molar-refractivity contribution in [3.05, 3.63) is 59.2 Å². The highest BCUT2D eigenvalue weighted by Gasteiger charge is 2.22. The van der Waals surface area contributed by atoms with Gasteiger partial charge in [0.05, 0.1) is 4.90 Å². The fourth-order valence-electron chi connectivity index (χ4n) is 3.60. The first kappa shape index (κ1) is 22.0. The predicted octanol–water partition coefficient (Wildman–Crippen LogP) is 2.87. The van der Waals surface area contributed by atoms with Crippen molar-refractivity contribution in [3.63, 3.8) is 0 Å². The molecule has 0 bridgehead atoms. The van der Waals surface area contributed by atoms with Crippen LogP contribution in [0.2, 0.25) is 0 Å². The summed E-state index contributed by atoms with van der Waals surface area (Å²) in [5.74, 6) is -0.282. The van der Waals surface area contributed by atoms with Crippen molar-refractivity contribution in [2.24, 2.45) is 0 Å². The highest BCUT2D eigenvalue weighted by atomic mass is 32.2. The monoisotopic (exact) mass is 429 g/mol. The number of hydrogen-bond donors (Lipinski definition) is 1. The van der Waals surface area contributed by atoms with Crippen LogP contribution >= 0.6 is 0 Å². The molecule has 30 heavy (non-hydrogen) atoms. The van der Waals surface area contributed by atoms with Crippen LogP contribution in [-0.4, -0.2) is 49.1 Å². The topological polar surface area (TPSA) is 86.8 Å². The minimum absolute atomic E-state index is 0.0369. The van der Waals surface area contributed by atoms with Gasteiger partial charge >= 0.3 is 0 Å². The van der Waals surface area contributed by atoms with E-state index in [4.69, 9.17) is 0 Å². The minimum Gasteiger partial charge on any atom is -0.338 e. The van der Waals surface area contributed by atoms with Crippen LogP contribution in [0, 0.1) is 0 Å². The van der Waals surface area contributed by atoms with Crippen molar-refractivity contribution in [2.45, 2.75) is 38.6 Å². The molecule has 2 amide bonds. The third-order valence-corrected chi connectivity index (χ3v) is 7.45. The molecular formula is C22H27N3O4S. The second kappa shape index (κ2) is 8.97. The van der Waals surface area contributed by atoms with Crippen molar-refractivity contribution in [3.8, 4) is 0 Å². The zero-order valence-corrected chi connectivity index (χ0v) is 18.3. The molecule has 0 spiro atoms. The summed E-state index contributed by atoms with van der Waals surface area (Å²) in [7, 11) is -3.56. The van der Waals surface area contributed by atoms with E-state index in [1.165, 1.54) is 34.1 Å². The maximum Gasteiger partial charge on any atom is 0.255 e. The molecule has 0 atom stereocenters. The van der Waals surface area contributed by atoms with Crippen molar-refractivity contribution in [1.82, 2.24) is 9.21 Å². The predicted molar refractivity (Wildman–Crippen MR) is 116 cm³/mol. The fraction of sp³-hybridized carbons (Fsp3) is 0.364. The quantitative estimate of drug-likeness (QED) is 0.765. The molecule has 3 rings (SSSR count). The van der Waals surface area contributed by atoms with E-state index in [2.05, 4.69) is 5.32 Å². The maximum atomic E-state index is 12.6. The number of anilines is 1. The summed E-state index contributed by atoms with van der Waals surface area (Å²) in [6.07, 6.45) is 0.797. The summed E-state index contributed by atoms with van der Waals surface area (Å²) in [5.41, 5.74) is 3.21. The van der Waals surface area contributed by atoms with E-state index in [1.807, 2.05) is 18.2 Å². The summed E-state index contributed by atoms with van der Waals surface area (Å²) >= 11 is 0. The first-order chi connectivity index (χ1) is 14.3. The molecule has 1 N–H and O–H groups in total. The third kappa shape index (κ3) is 4.55. The van der Waals surface area contributed by atoms with E-state index in [0.29, 0.717) is 37.4 Å². The number of nitrogens with zero attached hydrogens (tertiary/aromatic N) is 2. The Kier molecular flexibility index (Phi) is 6.58. The lowest BCUT2D eigenvalue weighted by atomic mass is 9.99. The zero-order chi connectivity index (χ0) is 21.9. The Balaban J connectivity index is 1.74. The van der Waals surface area contributed by atoms with Crippen molar-refractivity contribution >= 4 is 27.5 Å². The van der Waals surface area contributed by atoms with Gasteiger partial charge in [0.25, 0.3) is 5.91 Å². The molecule has 0 saturated heterocycles. The summed E-state index contributed by atoms with van der Waals surface area (Å²) < 4.78 is 26.5. The van der Waals surface area contributed by atoms with Gasteiger partial charge in [-0.1, -0.05) is 19.9 Å². The van der Waals surface area contributed by atoms with Crippen LogP contribution in [0.4, 0.5) is 5.69 Å². The number of sulfonamides is 1. The van der Waals surface area contributed by atoms with Gasteiger partial charge in [-0.25, -0.2) is 8.42 Å². The largest absolute Gasteiger partial charge is 0.338 e. The molecule has 0 aromatic heterocycles. The average Bonchev–Trinajstić information content (AvgIpc) is 2.74. The van der Waals surface area contributed by atoms with Crippen molar-refractivity contribution in [1.29, 1.82) is 0 Å². The lowest BCUT2D eigenvalue weighted by molar-refractivity contribution is -0.129. The number of fused-ring (bicyclic) bond motifs is 1. The maximum absolute atomic E-state index is 12.6.